The van der Waals surface area contributed by atoms with E-state index in [2.05, 4.69) is 0 Å². The van der Waals surface area contributed by atoms with Gasteiger partial charge in [0, 0.05) is 24.9 Å². The van der Waals surface area contributed by atoms with Crippen molar-refractivity contribution in [3.8, 4) is 0 Å². The lowest BCUT2D eigenvalue weighted by molar-refractivity contribution is -0.384. The lowest BCUT2D eigenvalue weighted by atomic mass is 10.1. The van der Waals surface area contributed by atoms with Gasteiger partial charge in [-0.3, -0.25) is 19.7 Å². The van der Waals surface area contributed by atoms with Crippen molar-refractivity contribution in [2.45, 2.75) is 20.0 Å². The third-order valence-corrected chi connectivity index (χ3v) is 2.63. The molecule has 2 amide bonds. The van der Waals surface area contributed by atoms with Crippen molar-refractivity contribution in [2.75, 3.05) is 4.90 Å². The summed E-state index contributed by atoms with van der Waals surface area (Å²) in [4.78, 5) is 32.7. The van der Waals surface area contributed by atoms with Crippen molar-refractivity contribution < 1.29 is 27.7 Å². The number of carbonyl (C=O) groups excluding carboxylic acids is 2. The highest BCUT2D eigenvalue weighted by Gasteiger charge is 2.41. The SMILES string of the molecule is CC(=O)N(C(C)=O)c1c([N+](=O)[O-])cc(Cl)cc1C(F)(F)F. The van der Waals surface area contributed by atoms with E-state index in [1.807, 2.05) is 0 Å². The predicted molar refractivity (Wildman–Crippen MR) is 66.9 cm³/mol. The zero-order valence-corrected chi connectivity index (χ0v) is 11.4. The van der Waals surface area contributed by atoms with Crippen LogP contribution in [-0.2, 0) is 15.8 Å². The lowest BCUT2D eigenvalue weighted by Gasteiger charge is -2.21. The van der Waals surface area contributed by atoms with E-state index >= 15 is 0 Å². The first-order chi connectivity index (χ1) is 9.46. The number of hydrogen-bond donors (Lipinski definition) is 0. The summed E-state index contributed by atoms with van der Waals surface area (Å²) >= 11 is 5.44. The summed E-state index contributed by atoms with van der Waals surface area (Å²) in [6, 6.07) is 1.06. The predicted octanol–water partition coefficient (Wildman–Crippen LogP) is 3.17. The number of nitro benzene ring substituents is 1. The molecule has 0 N–H and O–H groups in total. The van der Waals surface area contributed by atoms with Gasteiger partial charge in [0.05, 0.1) is 10.5 Å². The van der Waals surface area contributed by atoms with Crippen LogP contribution in [0.25, 0.3) is 0 Å². The van der Waals surface area contributed by atoms with Crippen LogP contribution >= 0.6 is 11.6 Å². The minimum Gasteiger partial charge on any atom is -0.274 e. The molecule has 1 rings (SSSR count). The molecule has 0 saturated heterocycles. The fourth-order valence-electron chi connectivity index (χ4n) is 1.71. The molecule has 0 unspecified atom stereocenters. The molecule has 1 aromatic rings. The zero-order chi connectivity index (χ0) is 16.5. The molecule has 114 valence electrons. The average molecular weight is 325 g/mol. The van der Waals surface area contributed by atoms with Crippen LogP contribution in [-0.4, -0.2) is 16.7 Å². The van der Waals surface area contributed by atoms with E-state index < -0.39 is 44.9 Å². The Morgan fingerprint density at radius 3 is 2.05 bits per heavy atom. The Morgan fingerprint density at radius 2 is 1.71 bits per heavy atom. The minimum absolute atomic E-state index is 0.0945. The third kappa shape index (κ3) is 3.48. The largest absolute Gasteiger partial charge is 0.418 e. The molecule has 0 atom stereocenters. The van der Waals surface area contributed by atoms with Gasteiger partial charge in [-0.2, -0.15) is 13.2 Å². The number of rotatable bonds is 2. The van der Waals surface area contributed by atoms with Gasteiger partial charge < -0.3 is 0 Å². The van der Waals surface area contributed by atoms with Crippen LogP contribution in [0.15, 0.2) is 12.1 Å². The number of hydrogen-bond acceptors (Lipinski definition) is 4. The quantitative estimate of drug-likeness (QED) is 0.618. The second-order valence-corrected chi connectivity index (χ2v) is 4.39. The second kappa shape index (κ2) is 5.68. The fourth-order valence-corrected chi connectivity index (χ4v) is 1.92. The lowest BCUT2D eigenvalue weighted by Crippen LogP contribution is -2.35. The van der Waals surface area contributed by atoms with E-state index in [0.717, 1.165) is 13.8 Å². The van der Waals surface area contributed by atoms with Crippen LogP contribution in [0.1, 0.15) is 19.4 Å². The van der Waals surface area contributed by atoms with Crippen molar-refractivity contribution in [3.63, 3.8) is 0 Å². The first kappa shape index (κ1) is 16.9. The van der Waals surface area contributed by atoms with Gasteiger partial charge in [-0.15, -0.1) is 0 Å². The average Bonchev–Trinajstić information content (AvgIpc) is 2.27. The number of amides is 2. The topological polar surface area (TPSA) is 80.5 Å². The van der Waals surface area contributed by atoms with Crippen molar-refractivity contribution in [1.29, 1.82) is 0 Å². The van der Waals surface area contributed by atoms with E-state index in [1.54, 1.807) is 0 Å². The molecule has 0 aliphatic carbocycles. The van der Waals surface area contributed by atoms with Crippen LogP contribution in [0.3, 0.4) is 0 Å². The molecule has 0 aliphatic rings. The number of nitrogens with zero attached hydrogens (tertiary/aromatic N) is 2. The van der Waals surface area contributed by atoms with Crippen molar-refractivity contribution in [3.05, 3.63) is 32.8 Å². The fraction of sp³-hybridized carbons (Fsp3) is 0.273. The second-order valence-electron chi connectivity index (χ2n) is 3.95. The maximum Gasteiger partial charge on any atom is 0.418 e. The van der Waals surface area contributed by atoms with Gasteiger partial charge >= 0.3 is 6.18 Å². The number of benzene rings is 1. The molecule has 0 radical (unpaired) electrons. The summed E-state index contributed by atoms with van der Waals surface area (Å²) in [6.45, 7) is 1.64. The molecule has 10 heteroatoms. The summed E-state index contributed by atoms with van der Waals surface area (Å²) in [5.41, 5.74) is -3.76. The molecule has 6 nitrogen and oxygen atoms in total. The molecule has 1 aromatic carbocycles. The molecular weight excluding hydrogens is 317 g/mol. The van der Waals surface area contributed by atoms with Crippen molar-refractivity contribution in [2.24, 2.45) is 0 Å². The summed E-state index contributed by atoms with van der Waals surface area (Å²) in [5.74, 6) is -2.17. The highest BCUT2D eigenvalue weighted by molar-refractivity contribution is 6.31. The monoisotopic (exact) mass is 324 g/mol. The number of carbonyl (C=O) groups is 2. The van der Waals surface area contributed by atoms with Crippen LogP contribution in [0, 0.1) is 10.1 Å². The van der Waals surface area contributed by atoms with Gasteiger partial charge in [0.1, 0.15) is 5.69 Å². The maximum absolute atomic E-state index is 13.0. The molecule has 0 bridgehead atoms. The Labute approximate surface area is 121 Å². The Kier molecular flexibility index (Phi) is 4.57. The molecule has 0 spiro atoms. The Bertz CT molecular complexity index is 617. The highest BCUT2D eigenvalue weighted by atomic mass is 35.5. The maximum atomic E-state index is 13.0. The van der Waals surface area contributed by atoms with E-state index in [-0.39, 0.29) is 4.90 Å². The Balaban J connectivity index is 3.86. The van der Waals surface area contributed by atoms with Crippen LogP contribution in [0.4, 0.5) is 24.5 Å². The third-order valence-electron chi connectivity index (χ3n) is 2.41. The summed E-state index contributed by atoms with van der Waals surface area (Å²) < 4.78 is 39.1. The smallest absolute Gasteiger partial charge is 0.274 e. The van der Waals surface area contributed by atoms with Crippen LogP contribution in [0.2, 0.25) is 5.02 Å². The van der Waals surface area contributed by atoms with E-state index in [4.69, 9.17) is 11.6 Å². The first-order valence-corrected chi connectivity index (χ1v) is 5.71. The summed E-state index contributed by atoms with van der Waals surface area (Å²) in [6.07, 6.45) is -5.03. The zero-order valence-electron chi connectivity index (χ0n) is 10.7. The Hall–Kier alpha value is -2.16. The van der Waals surface area contributed by atoms with Gasteiger partial charge in [0.25, 0.3) is 5.69 Å². The van der Waals surface area contributed by atoms with Gasteiger partial charge in [-0.1, -0.05) is 11.6 Å². The molecule has 0 saturated carbocycles. The number of imide groups is 1. The molecule has 0 aliphatic heterocycles. The normalized spacial score (nSPS) is 11.1. The minimum atomic E-state index is -5.03. The molecule has 0 fully saturated rings. The number of halogens is 4. The van der Waals surface area contributed by atoms with Crippen molar-refractivity contribution >= 4 is 34.8 Å². The number of nitro groups is 1. The van der Waals surface area contributed by atoms with Gasteiger partial charge in [-0.05, 0) is 6.07 Å². The van der Waals surface area contributed by atoms with Gasteiger partial charge in [0.15, 0.2) is 0 Å². The van der Waals surface area contributed by atoms with Gasteiger partial charge in [0.2, 0.25) is 11.8 Å². The number of alkyl halides is 3. The van der Waals surface area contributed by atoms with Crippen LogP contribution < -0.4 is 4.90 Å². The molecule has 0 heterocycles. The van der Waals surface area contributed by atoms with Crippen LogP contribution in [0.5, 0.6) is 0 Å². The highest BCUT2D eigenvalue weighted by Crippen LogP contribution is 2.43. The standard InChI is InChI=1S/C11H8ClF3N2O4/c1-5(18)16(6(2)19)10-8(11(13,14)15)3-7(12)4-9(10)17(20)21/h3-4H,1-2H3. The van der Waals surface area contributed by atoms with E-state index in [0.29, 0.717) is 12.1 Å². The van der Waals surface area contributed by atoms with Crippen molar-refractivity contribution in [1.82, 2.24) is 0 Å². The van der Waals surface area contributed by atoms with Gasteiger partial charge in [-0.25, -0.2) is 4.90 Å². The molecular formula is C11H8ClF3N2O4. The number of anilines is 1. The van der Waals surface area contributed by atoms with E-state index in [1.165, 1.54) is 0 Å². The summed E-state index contributed by atoms with van der Waals surface area (Å²) in [5, 5.41) is 10.4. The Morgan fingerprint density at radius 1 is 1.24 bits per heavy atom. The molecule has 21 heavy (non-hydrogen) atoms. The first-order valence-electron chi connectivity index (χ1n) is 5.33. The molecule has 0 aromatic heterocycles. The summed E-state index contributed by atoms with van der Waals surface area (Å²) in [7, 11) is 0. The van der Waals surface area contributed by atoms with E-state index in [9.17, 15) is 32.9 Å².